The van der Waals surface area contributed by atoms with Crippen LogP contribution in [0.25, 0.3) is 0 Å². The molecule has 0 spiro atoms. The molecule has 78 valence electrons. The summed E-state index contributed by atoms with van der Waals surface area (Å²) >= 11 is 5.29. The van der Waals surface area contributed by atoms with Crippen LogP contribution in [0.5, 0.6) is 5.75 Å². The predicted octanol–water partition coefficient (Wildman–Crippen LogP) is 3.51. The Hall–Kier alpha value is -0.970. The van der Waals surface area contributed by atoms with E-state index in [1.54, 1.807) is 0 Å². The lowest BCUT2D eigenvalue weighted by molar-refractivity contribution is -0.139. The van der Waals surface area contributed by atoms with Crippen LogP contribution in [0, 0.1) is 5.82 Å². The van der Waals surface area contributed by atoms with Gasteiger partial charge in [0.15, 0.2) is 11.6 Å². The Morgan fingerprint density at radius 3 is 2.29 bits per heavy atom. The van der Waals surface area contributed by atoms with E-state index in [0.717, 1.165) is 13.2 Å². The second-order valence-electron chi connectivity index (χ2n) is 2.44. The summed E-state index contributed by atoms with van der Waals surface area (Å²) in [7, 11) is 0.948. The molecule has 1 aromatic rings. The second kappa shape index (κ2) is 3.65. The van der Waals surface area contributed by atoms with Crippen molar-refractivity contribution in [1.82, 2.24) is 0 Å². The molecule has 0 heterocycles. The van der Waals surface area contributed by atoms with Gasteiger partial charge in [-0.3, -0.25) is 0 Å². The van der Waals surface area contributed by atoms with Crippen molar-refractivity contribution in [3.63, 3.8) is 0 Å². The molecule has 0 fully saturated rings. The molecule has 0 radical (unpaired) electrons. The van der Waals surface area contributed by atoms with Crippen LogP contribution in [0.4, 0.5) is 17.6 Å². The first-order chi connectivity index (χ1) is 6.38. The summed E-state index contributed by atoms with van der Waals surface area (Å²) in [6.45, 7) is 0. The van der Waals surface area contributed by atoms with Crippen molar-refractivity contribution in [1.29, 1.82) is 0 Å². The van der Waals surface area contributed by atoms with Crippen LogP contribution in [0.2, 0.25) is 5.02 Å². The van der Waals surface area contributed by atoms with Crippen LogP contribution in [-0.2, 0) is 6.18 Å². The zero-order valence-electron chi connectivity index (χ0n) is 6.95. The highest BCUT2D eigenvalue weighted by atomic mass is 35.5. The highest BCUT2D eigenvalue weighted by Crippen LogP contribution is 2.39. The van der Waals surface area contributed by atoms with Gasteiger partial charge in [-0.15, -0.1) is 0 Å². The zero-order chi connectivity index (χ0) is 10.9. The van der Waals surface area contributed by atoms with E-state index in [4.69, 9.17) is 11.6 Å². The molecule has 0 amide bonds. The maximum Gasteiger partial charge on any atom is 0.420 e. The second-order valence-corrected chi connectivity index (χ2v) is 2.85. The van der Waals surface area contributed by atoms with Crippen LogP contribution in [-0.4, -0.2) is 7.11 Å². The van der Waals surface area contributed by atoms with Gasteiger partial charge in [-0.2, -0.15) is 13.2 Å². The molecular weight excluding hydrogens is 224 g/mol. The Morgan fingerprint density at radius 1 is 1.29 bits per heavy atom. The Bertz CT molecular complexity index is 348. The van der Waals surface area contributed by atoms with Gasteiger partial charge in [-0.05, 0) is 12.1 Å². The summed E-state index contributed by atoms with van der Waals surface area (Å²) in [5.41, 5.74) is -1.18. The molecule has 1 aromatic carbocycles. The third-order valence-corrected chi connectivity index (χ3v) is 1.85. The molecule has 0 unspecified atom stereocenters. The molecular formula is C8H5ClF4O. The largest absolute Gasteiger partial charge is 0.493 e. The van der Waals surface area contributed by atoms with E-state index < -0.39 is 28.3 Å². The first-order valence-electron chi connectivity index (χ1n) is 3.47. The highest BCUT2D eigenvalue weighted by molar-refractivity contribution is 6.30. The number of ether oxygens (including phenoxy) is 1. The number of rotatable bonds is 1. The third kappa shape index (κ3) is 1.92. The molecule has 0 aliphatic rings. The molecule has 0 saturated heterocycles. The Morgan fingerprint density at radius 2 is 1.86 bits per heavy atom. The Labute approximate surface area is 82.2 Å². The van der Waals surface area contributed by atoms with E-state index in [-0.39, 0.29) is 0 Å². The quantitative estimate of drug-likeness (QED) is 0.669. The Kier molecular flexibility index (Phi) is 2.89. The van der Waals surface area contributed by atoms with Crippen LogP contribution in [0.1, 0.15) is 5.56 Å². The van der Waals surface area contributed by atoms with Gasteiger partial charge >= 0.3 is 6.18 Å². The lowest BCUT2D eigenvalue weighted by atomic mass is 10.2. The molecule has 14 heavy (non-hydrogen) atoms. The lowest BCUT2D eigenvalue weighted by Gasteiger charge is -2.12. The molecule has 0 atom stereocenters. The van der Waals surface area contributed by atoms with Gasteiger partial charge < -0.3 is 4.74 Å². The van der Waals surface area contributed by atoms with E-state index in [0.29, 0.717) is 6.07 Å². The molecule has 1 nitrogen and oxygen atoms in total. The SMILES string of the molecule is COc1c(C(F)(F)F)ccc(Cl)c1F. The van der Waals surface area contributed by atoms with Crippen LogP contribution >= 0.6 is 11.6 Å². The van der Waals surface area contributed by atoms with Crippen molar-refractivity contribution in [2.45, 2.75) is 6.18 Å². The van der Waals surface area contributed by atoms with Crippen molar-refractivity contribution < 1.29 is 22.3 Å². The van der Waals surface area contributed by atoms with Crippen LogP contribution < -0.4 is 4.74 Å². The van der Waals surface area contributed by atoms with Crippen molar-refractivity contribution >= 4 is 11.6 Å². The monoisotopic (exact) mass is 228 g/mol. The van der Waals surface area contributed by atoms with E-state index in [1.165, 1.54) is 0 Å². The minimum Gasteiger partial charge on any atom is -0.493 e. The third-order valence-electron chi connectivity index (χ3n) is 1.56. The fourth-order valence-corrected chi connectivity index (χ4v) is 1.10. The number of halogens is 5. The molecule has 0 aliphatic heterocycles. The van der Waals surface area contributed by atoms with Crippen molar-refractivity contribution in [3.8, 4) is 5.75 Å². The fourth-order valence-electron chi connectivity index (χ4n) is 0.955. The molecule has 1 rings (SSSR count). The number of benzene rings is 1. The van der Waals surface area contributed by atoms with Crippen LogP contribution in [0.3, 0.4) is 0 Å². The molecule has 0 saturated carbocycles. The standard InChI is InChI=1S/C8H5ClF4O/c1-14-7-4(8(11,12)13)2-3-5(9)6(7)10/h2-3H,1H3. The molecule has 6 heteroatoms. The highest BCUT2D eigenvalue weighted by Gasteiger charge is 2.36. The van der Waals surface area contributed by atoms with Gasteiger partial charge in [0.1, 0.15) is 5.56 Å². The summed E-state index contributed by atoms with van der Waals surface area (Å²) in [6, 6.07) is 1.51. The Balaban J connectivity index is 3.39. The maximum atomic E-state index is 13.0. The van der Waals surface area contributed by atoms with Gasteiger partial charge in [0, 0.05) is 0 Å². The first-order valence-corrected chi connectivity index (χ1v) is 3.85. The maximum absolute atomic E-state index is 13.0. The van der Waals surface area contributed by atoms with Gasteiger partial charge in [0.05, 0.1) is 12.1 Å². The van der Waals surface area contributed by atoms with Gasteiger partial charge in [0.2, 0.25) is 0 Å². The zero-order valence-corrected chi connectivity index (χ0v) is 7.71. The topological polar surface area (TPSA) is 9.23 Å². The van der Waals surface area contributed by atoms with Crippen molar-refractivity contribution in [2.75, 3.05) is 7.11 Å². The van der Waals surface area contributed by atoms with E-state index in [2.05, 4.69) is 4.74 Å². The van der Waals surface area contributed by atoms with Crippen molar-refractivity contribution in [2.24, 2.45) is 0 Å². The number of methoxy groups -OCH3 is 1. The molecule has 0 N–H and O–H groups in total. The van der Waals surface area contributed by atoms with Gasteiger partial charge in [-0.25, -0.2) is 4.39 Å². The summed E-state index contributed by atoms with van der Waals surface area (Å²) < 4.78 is 54.1. The molecule has 0 bridgehead atoms. The number of hydrogen-bond acceptors (Lipinski definition) is 1. The number of hydrogen-bond donors (Lipinski definition) is 0. The smallest absolute Gasteiger partial charge is 0.420 e. The van der Waals surface area contributed by atoms with Gasteiger partial charge in [-0.1, -0.05) is 11.6 Å². The average molecular weight is 229 g/mol. The summed E-state index contributed by atoms with van der Waals surface area (Å²) in [4.78, 5) is 0. The van der Waals surface area contributed by atoms with E-state index >= 15 is 0 Å². The fraction of sp³-hybridized carbons (Fsp3) is 0.250. The summed E-state index contributed by atoms with van der Waals surface area (Å²) in [6.07, 6.45) is -4.66. The minimum absolute atomic E-state index is 0.408. The van der Waals surface area contributed by atoms with Gasteiger partial charge in [0.25, 0.3) is 0 Å². The average Bonchev–Trinajstić information content (AvgIpc) is 2.07. The summed E-state index contributed by atoms with van der Waals surface area (Å²) in [5, 5.41) is -0.408. The van der Waals surface area contributed by atoms with E-state index in [1.807, 2.05) is 0 Å². The van der Waals surface area contributed by atoms with Crippen molar-refractivity contribution in [3.05, 3.63) is 28.5 Å². The van der Waals surface area contributed by atoms with Crippen LogP contribution in [0.15, 0.2) is 12.1 Å². The first kappa shape index (κ1) is 11.1. The lowest BCUT2D eigenvalue weighted by Crippen LogP contribution is -2.08. The summed E-state index contributed by atoms with van der Waals surface area (Å²) in [5.74, 6) is -2.09. The predicted molar refractivity (Wildman–Crippen MR) is 43.0 cm³/mol. The van der Waals surface area contributed by atoms with E-state index in [9.17, 15) is 17.6 Å². The molecule has 0 aromatic heterocycles. The minimum atomic E-state index is -4.66. The number of alkyl halides is 3. The normalized spacial score (nSPS) is 11.6. The molecule has 0 aliphatic carbocycles.